The summed E-state index contributed by atoms with van der Waals surface area (Å²) in [4.78, 5) is 15.8. The second-order valence-corrected chi connectivity index (χ2v) is 8.49. The zero-order chi connectivity index (χ0) is 20.1. The molecule has 2 heterocycles. The van der Waals surface area contributed by atoms with Crippen LogP contribution in [0.25, 0.3) is 10.9 Å². The Morgan fingerprint density at radius 2 is 1.66 bits per heavy atom. The van der Waals surface area contributed by atoms with E-state index in [0.717, 1.165) is 24.8 Å². The van der Waals surface area contributed by atoms with Crippen molar-refractivity contribution in [3.63, 3.8) is 0 Å². The minimum absolute atomic E-state index is 0.0395. The molecule has 0 spiro atoms. The lowest BCUT2D eigenvalue weighted by atomic mass is 9.86. The molecule has 3 aromatic rings. The molecular weight excluding hydrogens is 356 g/mol. The molecule has 0 fully saturated rings. The molecule has 2 aliphatic rings. The van der Waals surface area contributed by atoms with Gasteiger partial charge in [0.2, 0.25) is 0 Å². The quantitative estimate of drug-likeness (QED) is 0.543. The van der Waals surface area contributed by atoms with Crippen LogP contribution in [0.2, 0.25) is 0 Å². The molecule has 29 heavy (non-hydrogen) atoms. The van der Waals surface area contributed by atoms with Crippen molar-refractivity contribution >= 4 is 16.8 Å². The molecule has 3 heteroatoms. The first-order valence-corrected chi connectivity index (χ1v) is 10.7. The van der Waals surface area contributed by atoms with Gasteiger partial charge in [-0.1, -0.05) is 48.5 Å². The van der Waals surface area contributed by atoms with Gasteiger partial charge in [0, 0.05) is 34.8 Å². The van der Waals surface area contributed by atoms with Crippen LogP contribution in [0, 0.1) is 6.92 Å². The minimum atomic E-state index is 0.0395. The largest absolute Gasteiger partial charge is 0.348 e. The normalized spacial score (nSPS) is 20.4. The third-order valence-electron chi connectivity index (χ3n) is 7.03. The second kappa shape index (κ2) is 6.91. The van der Waals surface area contributed by atoms with E-state index in [1.54, 1.807) is 0 Å². The maximum Gasteiger partial charge on any atom is 0.251 e. The van der Waals surface area contributed by atoms with Gasteiger partial charge >= 0.3 is 0 Å². The summed E-state index contributed by atoms with van der Waals surface area (Å²) in [6, 6.07) is 19.2. The van der Waals surface area contributed by atoms with Gasteiger partial charge in [0.1, 0.15) is 0 Å². The fraction of sp³-hybridized carbons (Fsp3) is 0.346. The predicted octanol–water partition coefficient (Wildman–Crippen LogP) is 6.00. The average molecular weight is 385 g/mol. The summed E-state index contributed by atoms with van der Waals surface area (Å²) in [5.41, 5.74) is 7.45. The Balaban J connectivity index is 1.73. The van der Waals surface area contributed by atoms with E-state index in [4.69, 9.17) is 0 Å². The molecular formula is C26H28N2O. The first-order chi connectivity index (χ1) is 14.1. The number of carbonyl (C=O) groups excluding carboxylic acids is 1. The Morgan fingerprint density at radius 1 is 0.966 bits per heavy atom. The van der Waals surface area contributed by atoms with Crippen molar-refractivity contribution in [3.8, 4) is 0 Å². The second-order valence-electron chi connectivity index (χ2n) is 8.49. The lowest BCUT2D eigenvalue weighted by Crippen LogP contribution is -2.33. The van der Waals surface area contributed by atoms with Crippen molar-refractivity contribution in [2.45, 2.75) is 51.6 Å². The van der Waals surface area contributed by atoms with E-state index in [9.17, 15) is 4.79 Å². The number of carbonyl (C=O) groups is 1. The van der Waals surface area contributed by atoms with Gasteiger partial charge in [0.05, 0.1) is 12.1 Å². The van der Waals surface area contributed by atoms with Gasteiger partial charge in [-0.25, -0.2) is 0 Å². The van der Waals surface area contributed by atoms with Gasteiger partial charge in [0.15, 0.2) is 0 Å². The topological polar surface area (TPSA) is 25.2 Å². The monoisotopic (exact) mass is 384 g/mol. The summed E-state index contributed by atoms with van der Waals surface area (Å²) in [6.07, 6.45) is 4.26. The first kappa shape index (κ1) is 18.2. The van der Waals surface area contributed by atoms with E-state index in [-0.39, 0.29) is 18.0 Å². The molecule has 0 radical (unpaired) electrons. The van der Waals surface area contributed by atoms with Crippen LogP contribution in [-0.2, 0) is 11.8 Å². The number of para-hydroxylation sites is 1. The SMILES string of the molecule is Cc1c([C@H]2C3=C(CCCC3)C(=O)N2[C@H](C)c2ccccc2)c2ccccc2n1C. The number of hydrogen-bond donors (Lipinski definition) is 0. The Morgan fingerprint density at radius 3 is 2.45 bits per heavy atom. The van der Waals surface area contributed by atoms with Crippen LogP contribution in [0.1, 0.15) is 61.5 Å². The number of nitrogens with zero attached hydrogens (tertiary/aromatic N) is 2. The smallest absolute Gasteiger partial charge is 0.251 e. The van der Waals surface area contributed by atoms with Gasteiger partial charge in [-0.15, -0.1) is 0 Å². The molecule has 2 aromatic carbocycles. The van der Waals surface area contributed by atoms with Crippen molar-refractivity contribution in [1.82, 2.24) is 9.47 Å². The standard InChI is InChI=1S/C26H28N2O/c1-17(19-11-5-4-6-12-19)28-25(20-13-7-8-14-21(20)26(28)29)24-18(2)27(3)23-16-10-9-15-22(23)24/h4-6,9-12,15-17,25H,7-8,13-14H2,1-3H3/t17-,25-/m1/s1. The summed E-state index contributed by atoms with van der Waals surface area (Å²) in [5.74, 6) is 0.244. The van der Waals surface area contributed by atoms with E-state index in [1.165, 1.54) is 39.7 Å². The van der Waals surface area contributed by atoms with Crippen LogP contribution in [0.3, 0.4) is 0 Å². The molecule has 148 valence electrons. The fourth-order valence-electron chi connectivity index (χ4n) is 5.42. The van der Waals surface area contributed by atoms with E-state index in [0.29, 0.717) is 0 Å². The summed E-state index contributed by atoms with van der Waals surface area (Å²) >= 11 is 0. The first-order valence-electron chi connectivity index (χ1n) is 10.7. The fourth-order valence-corrected chi connectivity index (χ4v) is 5.42. The Kier molecular flexibility index (Phi) is 4.34. The zero-order valence-corrected chi connectivity index (χ0v) is 17.5. The van der Waals surface area contributed by atoms with Crippen molar-refractivity contribution in [2.24, 2.45) is 7.05 Å². The Hall–Kier alpha value is -2.81. The van der Waals surface area contributed by atoms with Crippen molar-refractivity contribution < 1.29 is 4.79 Å². The third kappa shape index (κ3) is 2.67. The summed E-state index contributed by atoms with van der Waals surface area (Å²) in [7, 11) is 2.14. The van der Waals surface area contributed by atoms with Gasteiger partial charge in [-0.2, -0.15) is 0 Å². The highest BCUT2D eigenvalue weighted by molar-refractivity contribution is 5.99. The van der Waals surface area contributed by atoms with Crippen LogP contribution in [0.4, 0.5) is 0 Å². The lowest BCUT2D eigenvalue weighted by Gasteiger charge is -2.34. The average Bonchev–Trinajstić information content (AvgIpc) is 3.19. The van der Waals surface area contributed by atoms with Gasteiger partial charge in [0.25, 0.3) is 5.91 Å². The highest BCUT2D eigenvalue weighted by Crippen LogP contribution is 2.50. The van der Waals surface area contributed by atoms with Crippen LogP contribution >= 0.6 is 0 Å². The number of aromatic nitrogens is 1. The van der Waals surface area contributed by atoms with Crippen LogP contribution in [0.15, 0.2) is 65.7 Å². The molecule has 1 aromatic heterocycles. The van der Waals surface area contributed by atoms with Gasteiger partial charge < -0.3 is 9.47 Å². The summed E-state index contributed by atoms with van der Waals surface area (Å²) < 4.78 is 2.28. The number of hydrogen-bond acceptors (Lipinski definition) is 1. The number of benzene rings is 2. The zero-order valence-electron chi connectivity index (χ0n) is 17.5. The maximum atomic E-state index is 13.7. The molecule has 0 saturated carbocycles. The molecule has 1 aliphatic carbocycles. The molecule has 1 aliphatic heterocycles. The minimum Gasteiger partial charge on any atom is -0.348 e. The molecule has 0 saturated heterocycles. The van der Waals surface area contributed by atoms with E-state index in [1.807, 2.05) is 6.07 Å². The predicted molar refractivity (Wildman–Crippen MR) is 118 cm³/mol. The molecule has 5 rings (SSSR count). The molecule has 0 N–H and O–H groups in total. The van der Waals surface area contributed by atoms with Crippen LogP contribution in [0.5, 0.6) is 0 Å². The van der Waals surface area contributed by atoms with Gasteiger partial charge in [-0.05, 0) is 56.7 Å². The highest BCUT2D eigenvalue weighted by atomic mass is 16.2. The highest BCUT2D eigenvalue weighted by Gasteiger charge is 2.44. The third-order valence-corrected chi connectivity index (χ3v) is 7.03. The Bertz CT molecular complexity index is 1120. The molecule has 0 unspecified atom stereocenters. The molecule has 0 bridgehead atoms. The van der Waals surface area contributed by atoms with Gasteiger partial charge in [-0.3, -0.25) is 4.79 Å². The van der Waals surface area contributed by atoms with Crippen molar-refractivity contribution in [3.05, 3.63) is 82.6 Å². The lowest BCUT2D eigenvalue weighted by molar-refractivity contribution is -0.129. The number of rotatable bonds is 3. The van der Waals surface area contributed by atoms with E-state index >= 15 is 0 Å². The number of fused-ring (bicyclic) bond motifs is 1. The van der Waals surface area contributed by atoms with E-state index < -0.39 is 0 Å². The molecule has 1 amide bonds. The Labute approximate surface area is 172 Å². The number of aryl methyl sites for hydroxylation is 1. The summed E-state index contributed by atoms with van der Waals surface area (Å²) in [6.45, 7) is 4.38. The van der Waals surface area contributed by atoms with Crippen LogP contribution in [-0.4, -0.2) is 15.4 Å². The summed E-state index contributed by atoms with van der Waals surface area (Å²) in [5, 5.41) is 1.27. The van der Waals surface area contributed by atoms with Crippen molar-refractivity contribution in [2.75, 3.05) is 0 Å². The maximum absolute atomic E-state index is 13.7. The molecule has 2 atom stereocenters. The molecule has 3 nitrogen and oxygen atoms in total. The van der Waals surface area contributed by atoms with E-state index in [2.05, 4.69) is 78.9 Å². The number of amides is 1. The van der Waals surface area contributed by atoms with Crippen LogP contribution < -0.4 is 0 Å². The van der Waals surface area contributed by atoms with Crippen molar-refractivity contribution in [1.29, 1.82) is 0 Å².